The first-order chi connectivity index (χ1) is 8.70. The summed E-state index contributed by atoms with van der Waals surface area (Å²) in [6, 6.07) is 0.562. The zero-order chi connectivity index (χ0) is 13.0. The average Bonchev–Trinajstić information content (AvgIpc) is 2.85. The number of hydrogen-bond donors (Lipinski definition) is 2. The van der Waals surface area contributed by atoms with E-state index in [9.17, 15) is 4.79 Å². The van der Waals surface area contributed by atoms with E-state index < -0.39 is 5.97 Å². The van der Waals surface area contributed by atoms with Crippen LogP contribution in [0.4, 0.5) is 0 Å². The molecule has 0 heterocycles. The number of carbonyl (C=O) groups is 1. The van der Waals surface area contributed by atoms with Crippen LogP contribution < -0.4 is 5.32 Å². The Morgan fingerprint density at radius 3 is 2.56 bits per heavy atom. The molecule has 18 heavy (non-hydrogen) atoms. The van der Waals surface area contributed by atoms with Gasteiger partial charge in [-0.05, 0) is 51.0 Å². The fourth-order valence-electron chi connectivity index (χ4n) is 3.43. The van der Waals surface area contributed by atoms with Gasteiger partial charge in [-0.25, -0.2) is 0 Å². The first kappa shape index (κ1) is 13.8. The van der Waals surface area contributed by atoms with E-state index in [4.69, 9.17) is 9.84 Å². The molecule has 0 radical (unpaired) electrons. The van der Waals surface area contributed by atoms with E-state index >= 15 is 0 Å². The summed E-state index contributed by atoms with van der Waals surface area (Å²) < 4.78 is 5.36. The maximum absolute atomic E-state index is 11.1. The van der Waals surface area contributed by atoms with Crippen molar-refractivity contribution in [1.29, 1.82) is 0 Å². The van der Waals surface area contributed by atoms with E-state index in [0.29, 0.717) is 18.1 Å². The van der Waals surface area contributed by atoms with Gasteiger partial charge in [-0.15, -0.1) is 0 Å². The zero-order valence-electron chi connectivity index (χ0n) is 11.2. The number of ether oxygens (including phenoxy) is 1. The zero-order valence-corrected chi connectivity index (χ0v) is 11.2. The smallest absolute Gasteiger partial charge is 0.306 e. The van der Waals surface area contributed by atoms with Crippen molar-refractivity contribution in [3.8, 4) is 0 Å². The molecule has 104 valence electrons. The van der Waals surface area contributed by atoms with Gasteiger partial charge in [0.25, 0.3) is 0 Å². The monoisotopic (exact) mass is 255 g/mol. The Labute approximate surface area is 109 Å². The van der Waals surface area contributed by atoms with Gasteiger partial charge in [-0.3, -0.25) is 4.79 Å². The standard InChI is InChI=1S/C14H25NO3/c1-18-12-7-5-11(6-8-12)15-9-10-3-2-4-13(10)14(16)17/h10-13,15H,2-9H2,1H3,(H,16,17). The maximum Gasteiger partial charge on any atom is 0.306 e. The number of hydrogen-bond acceptors (Lipinski definition) is 3. The fourth-order valence-corrected chi connectivity index (χ4v) is 3.43. The lowest BCUT2D eigenvalue weighted by atomic mass is 9.91. The lowest BCUT2D eigenvalue weighted by molar-refractivity contribution is -0.142. The van der Waals surface area contributed by atoms with Crippen LogP contribution in [0.2, 0.25) is 0 Å². The van der Waals surface area contributed by atoms with Crippen molar-refractivity contribution in [2.45, 2.75) is 57.1 Å². The van der Waals surface area contributed by atoms with Gasteiger partial charge in [0.1, 0.15) is 0 Å². The molecule has 0 aromatic carbocycles. The molecule has 2 atom stereocenters. The molecule has 2 aliphatic rings. The highest BCUT2D eigenvalue weighted by atomic mass is 16.5. The highest BCUT2D eigenvalue weighted by Gasteiger charge is 2.33. The maximum atomic E-state index is 11.1. The first-order valence-electron chi connectivity index (χ1n) is 7.19. The van der Waals surface area contributed by atoms with E-state index in [1.807, 2.05) is 0 Å². The summed E-state index contributed by atoms with van der Waals surface area (Å²) in [7, 11) is 1.79. The average molecular weight is 255 g/mol. The molecule has 4 nitrogen and oxygen atoms in total. The van der Waals surface area contributed by atoms with Gasteiger partial charge in [-0.1, -0.05) is 6.42 Å². The molecule has 0 aromatic heterocycles. The summed E-state index contributed by atoms with van der Waals surface area (Å²) in [5.74, 6) is -0.391. The van der Waals surface area contributed by atoms with Crippen molar-refractivity contribution < 1.29 is 14.6 Å². The third-order valence-corrected chi connectivity index (χ3v) is 4.65. The highest BCUT2D eigenvalue weighted by molar-refractivity contribution is 5.70. The van der Waals surface area contributed by atoms with Crippen LogP contribution in [0.5, 0.6) is 0 Å². The quantitative estimate of drug-likeness (QED) is 0.789. The van der Waals surface area contributed by atoms with Gasteiger partial charge < -0.3 is 15.2 Å². The van der Waals surface area contributed by atoms with E-state index in [1.165, 1.54) is 0 Å². The van der Waals surface area contributed by atoms with Gasteiger partial charge >= 0.3 is 5.97 Å². The number of rotatable bonds is 5. The molecule has 2 N–H and O–H groups in total. The minimum absolute atomic E-state index is 0.118. The molecule has 2 saturated carbocycles. The molecule has 0 spiro atoms. The lowest BCUT2D eigenvalue weighted by Gasteiger charge is -2.29. The van der Waals surface area contributed by atoms with Gasteiger partial charge in [-0.2, -0.15) is 0 Å². The molecule has 0 aromatic rings. The Hall–Kier alpha value is -0.610. The molecule has 0 amide bonds. The Kier molecular flexibility index (Phi) is 5.01. The second-order valence-electron chi connectivity index (χ2n) is 5.75. The third kappa shape index (κ3) is 3.45. The predicted molar refractivity (Wildman–Crippen MR) is 69.5 cm³/mol. The number of carboxylic acids is 1. The lowest BCUT2D eigenvalue weighted by Crippen LogP contribution is -2.39. The van der Waals surface area contributed by atoms with E-state index in [1.54, 1.807) is 7.11 Å². The van der Waals surface area contributed by atoms with Crippen molar-refractivity contribution in [3.63, 3.8) is 0 Å². The van der Waals surface area contributed by atoms with Crippen molar-refractivity contribution in [1.82, 2.24) is 5.32 Å². The molecule has 0 saturated heterocycles. The van der Waals surface area contributed by atoms with Gasteiger partial charge in [0.2, 0.25) is 0 Å². The van der Waals surface area contributed by atoms with Crippen LogP contribution >= 0.6 is 0 Å². The van der Waals surface area contributed by atoms with Crippen LogP contribution in [-0.2, 0) is 9.53 Å². The van der Waals surface area contributed by atoms with Gasteiger partial charge in [0.05, 0.1) is 12.0 Å². The van der Waals surface area contributed by atoms with Crippen molar-refractivity contribution in [3.05, 3.63) is 0 Å². The summed E-state index contributed by atoms with van der Waals surface area (Å²) in [6.07, 6.45) is 7.99. The Morgan fingerprint density at radius 1 is 1.22 bits per heavy atom. The van der Waals surface area contributed by atoms with Crippen LogP contribution in [0.1, 0.15) is 44.9 Å². The van der Waals surface area contributed by atoms with E-state index in [-0.39, 0.29) is 5.92 Å². The summed E-state index contributed by atoms with van der Waals surface area (Å²) in [4.78, 5) is 11.1. The normalized spacial score (nSPS) is 36.7. The SMILES string of the molecule is COC1CCC(NCC2CCCC2C(=O)O)CC1. The second kappa shape index (κ2) is 6.53. The minimum atomic E-state index is -0.609. The molecule has 0 aliphatic heterocycles. The number of methoxy groups -OCH3 is 1. The van der Waals surface area contributed by atoms with E-state index in [0.717, 1.165) is 51.5 Å². The molecular formula is C14H25NO3. The molecule has 4 heteroatoms. The largest absolute Gasteiger partial charge is 0.481 e. The van der Waals surface area contributed by atoms with Crippen LogP contribution in [0.3, 0.4) is 0 Å². The number of carboxylic acid groups (broad SMARTS) is 1. The third-order valence-electron chi connectivity index (χ3n) is 4.65. The van der Waals surface area contributed by atoms with Crippen LogP contribution in [-0.4, -0.2) is 36.9 Å². The van der Waals surface area contributed by atoms with E-state index in [2.05, 4.69) is 5.32 Å². The number of aliphatic carboxylic acids is 1. The van der Waals surface area contributed by atoms with Crippen LogP contribution in [0, 0.1) is 11.8 Å². The summed E-state index contributed by atoms with van der Waals surface area (Å²) in [5, 5.41) is 12.7. The van der Waals surface area contributed by atoms with Crippen molar-refractivity contribution in [2.24, 2.45) is 11.8 Å². The predicted octanol–water partition coefficient (Wildman–Crippen LogP) is 2.03. The molecule has 0 bridgehead atoms. The summed E-state index contributed by atoms with van der Waals surface area (Å²) in [5.41, 5.74) is 0. The number of nitrogens with one attached hydrogen (secondary N) is 1. The first-order valence-corrected chi connectivity index (χ1v) is 7.19. The molecule has 2 rings (SSSR count). The summed E-state index contributed by atoms with van der Waals surface area (Å²) in [6.45, 7) is 0.874. The highest BCUT2D eigenvalue weighted by Crippen LogP contribution is 2.32. The Bertz CT molecular complexity index is 274. The molecule has 2 aliphatic carbocycles. The summed E-state index contributed by atoms with van der Waals surface area (Å²) >= 11 is 0. The van der Waals surface area contributed by atoms with Crippen LogP contribution in [0.25, 0.3) is 0 Å². The topological polar surface area (TPSA) is 58.6 Å². The van der Waals surface area contributed by atoms with Crippen LogP contribution in [0.15, 0.2) is 0 Å². The van der Waals surface area contributed by atoms with Gasteiger partial charge in [0.15, 0.2) is 0 Å². The molecule has 2 fully saturated rings. The van der Waals surface area contributed by atoms with Crippen molar-refractivity contribution in [2.75, 3.05) is 13.7 Å². The van der Waals surface area contributed by atoms with Crippen molar-refractivity contribution >= 4 is 5.97 Å². The molecule has 2 unspecified atom stereocenters. The fraction of sp³-hybridized carbons (Fsp3) is 0.929. The Morgan fingerprint density at radius 2 is 1.94 bits per heavy atom. The minimum Gasteiger partial charge on any atom is -0.481 e. The Balaban J connectivity index is 1.70. The van der Waals surface area contributed by atoms with Gasteiger partial charge in [0, 0.05) is 13.2 Å². The molecular weight excluding hydrogens is 230 g/mol. The second-order valence-corrected chi connectivity index (χ2v) is 5.75.